The first-order valence-electron chi connectivity index (χ1n) is 13.0. The lowest BCUT2D eigenvalue weighted by Gasteiger charge is -2.16. The van der Waals surface area contributed by atoms with Crippen molar-refractivity contribution in [2.75, 3.05) is 19.8 Å². The first kappa shape index (κ1) is 26.3. The minimum atomic E-state index is -0.146. The summed E-state index contributed by atoms with van der Waals surface area (Å²) in [5.41, 5.74) is 6.53. The van der Waals surface area contributed by atoms with E-state index in [0.29, 0.717) is 32.0 Å². The molecular formula is C31H37N3O3. The number of para-hydroxylation sites is 2. The summed E-state index contributed by atoms with van der Waals surface area (Å²) >= 11 is 0. The van der Waals surface area contributed by atoms with Gasteiger partial charge in [0.05, 0.1) is 17.6 Å². The van der Waals surface area contributed by atoms with Crippen LogP contribution < -0.4 is 14.8 Å². The smallest absolute Gasteiger partial charge is 0.257 e. The van der Waals surface area contributed by atoms with Crippen LogP contribution in [0, 0.1) is 20.8 Å². The SMILES string of the molecule is Cc1ccc(C)c(OCC(=O)NCCc2nc3ccccc3n2CCOc2cc(C)ccc2C(C)C)c1. The second-order valence-corrected chi connectivity index (χ2v) is 9.87. The zero-order valence-corrected chi connectivity index (χ0v) is 22.5. The van der Waals surface area contributed by atoms with Crippen molar-refractivity contribution >= 4 is 16.9 Å². The summed E-state index contributed by atoms with van der Waals surface area (Å²) in [5.74, 6) is 2.85. The number of benzene rings is 3. The number of carbonyl (C=O) groups is 1. The molecule has 1 amide bonds. The number of hydrogen-bond donors (Lipinski definition) is 1. The number of hydrogen-bond acceptors (Lipinski definition) is 4. The number of carbonyl (C=O) groups excluding carboxylic acids is 1. The van der Waals surface area contributed by atoms with E-state index in [2.05, 4.69) is 54.9 Å². The van der Waals surface area contributed by atoms with Gasteiger partial charge in [-0.25, -0.2) is 4.98 Å². The van der Waals surface area contributed by atoms with E-state index in [0.717, 1.165) is 39.5 Å². The molecule has 1 heterocycles. The zero-order chi connectivity index (χ0) is 26.4. The lowest BCUT2D eigenvalue weighted by atomic mass is 10.0. The van der Waals surface area contributed by atoms with Gasteiger partial charge in [0.15, 0.2) is 6.61 Å². The van der Waals surface area contributed by atoms with Gasteiger partial charge in [-0.05, 0) is 73.2 Å². The molecule has 194 valence electrons. The van der Waals surface area contributed by atoms with Crippen LogP contribution in [0.25, 0.3) is 11.0 Å². The van der Waals surface area contributed by atoms with Gasteiger partial charge in [0, 0.05) is 13.0 Å². The molecule has 0 atom stereocenters. The number of imidazole rings is 1. The van der Waals surface area contributed by atoms with Crippen LogP contribution in [0.3, 0.4) is 0 Å². The largest absolute Gasteiger partial charge is 0.491 e. The molecule has 0 fully saturated rings. The van der Waals surface area contributed by atoms with Crippen molar-refractivity contribution in [3.8, 4) is 11.5 Å². The predicted molar refractivity (Wildman–Crippen MR) is 149 cm³/mol. The zero-order valence-electron chi connectivity index (χ0n) is 22.5. The van der Waals surface area contributed by atoms with Crippen LogP contribution in [0.15, 0.2) is 60.7 Å². The fraction of sp³-hybridized carbons (Fsp3) is 0.355. The van der Waals surface area contributed by atoms with E-state index in [1.807, 2.05) is 50.2 Å². The summed E-state index contributed by atoms with van der Waals surface area (Å²) in [5, 5.41) is 2.97. The van der Waals surface area contributed by atoms with Gasteiger partial charge in [-0.3, -0.25) is 4.79 Å². The molecule has 0 radical (unpaired) electrons. The molecule has 4 aromatic rings. The number of amides is 1. The molecule has 0 bridgehead atoms. The third-order valence-electron chi connectivity index (χ3n) is 6.47. The Balaban J connectivity index is 1.37. The molecule has 0 unspecified atom stereocenters. The first-order chi connectivity index (χ1) is 17.8. The molecule has 0 aliphatic heterocycles. The number of rotatable bonds is 11. The Morgan fingerprint density at radius 1 is 0.946 bits per heavy atom. The van der Waals surface area contributed by atoms with E-state index >= 15 is 0 Å². The Kier molecular flexibility index (Phi) is 8.49. The highest BCUT2D eigenvalue weighted by Crippen LogP contribution is 2.28. The van der Waals surface area contributed by atoms with Gasteiger partial charge < -0.3 is 19.4 Å². The van der Waals surface area contributed by atoms with Crippen LogP contribution in [0.1, 0.15) is 47.8 Å². The summed E-state index contributed by atoms with van der Waals surface area (Å²) in [6, 6.07) is 20.5. The van der Waals surface area contributed by atoms with Gasteiger partial charge in [0.2, 0.25) is 0 Å². The monoisotopic (exact) mass is 499 g/mol. The van der Waals surface area contributed by atoms with Crippen molar-refractivity contribution in [1.82, 2.24) is 14.9 Å². The van der Waals surface area contributed by atoms with Gasteiger partial charge in [-0.1, -0.05) is 50.2 Å². The Bertz CT molecular complexity index is 1370. The molecule has 1 aromatic heterocycles. The Morgan fingerprint density at radius 3 is 2.46 bits per heavy atom. The third kappa shape index (κ3) is 6.70. The molecule has 0 aliphatic carbocycles. The maximum atomic E-state index is 12.4. The van der Waals surface area contributed by atoms with Crippen molar-refractivity contribution < 1.29 is 14.3 Å². The normalized spacial score (nSPS) is 11.2. The maximum absolute atomic E-state index is 12.4. The summed E-state index contributed by atoms with van der Waals surface area (Å²) in [6.07, 6.45) is 0.617. The number of nitrogens with zero attached hydrogens (tertiary/aromatic N) is 2. The number of ether oxygens (including phenoxy) is 2. The van der Waals surface area contributed by atoms with E-state index in [1.54, 1.807) is 0 Å². The third-order valence-corrected chi connectivity index (χ3v) is 6.47. The maximum Gasteiger partial charge on any atom is 0.257 e. The fourth-order valence-electron chi connectivity index (χ4n) is 4.43. The summed E-state index contributed by atoms with van der Waals surface area (Å²) in [6.45, 7) is 12.1. The van der Waals surface area contributed by atoms with E-state index in [-0.39, 0.29) is 12.5 Å². The van der Waals surface area contributed by atoms with E-state index in [4.69, 9.17) is 14.5 Å². The summed E-state index contributed by atoms with van der Waals surface area (Å²) in [4.78, 5) is 17.3. The Labute approximate surface area is 219 Å². The van der Waals surface area contributed by atoms with Crippen LogP contribution in [-0.4, -0.2) is 35.2 Å². The van der Waals surface area contributed by atoms with Crippen LogP contribution in [0.2, 0.25) is 0 Å². The molecule has 0 saturated carbocycles. The lowest BCUT2D eigenvalue weighted by molar-refractivity contribution is -0.123. The van der Waals surface area contributed by atoms with Crippen LogP contribution in [0.4, 0.5) is 0 Å². The van der Waals surface area contributed by atoms with Crippen molar-refractivity contribution in [2.45, 2.75) is 53.5 Å². The van der Waals surface area contributed by atoms with Gasteiger partial charge in [-0.2, -0.15) is 0 Å². The van der Waals surface area contributed by atoms with Crippen molar-refractivity contribution in [2.24, 2.45) is 0 Å². The van der Waals surface area contributed by atoms with Gasteiger partial charge in [0.1, 0.15) is 23.9 Å². The van der Waals surface area contributed by atoms with Crippen LogP contribution in [-0.2, 0) is 17.8 Å². The number of nitrogens with one attached hydrogen (secondary N) is 1. The highest BCUT2D eigenvalue weighted by molar-refractivity contribution is 5.78. The molecule has 3 aromatic carbocycles. The van der Waals surface area contributed by atoms with Gasteiger partial charge in [-0.15, -0.1) is 0 Å². The standard InChI is InChI=1S/C31H37N3O3/c1-21(2)25-13-11-23(4)19-29(25)36-17-16-34-27-9-7-6-8-26(27)33-30(34)14-15-32-31(35)20-37-28-18-22(3)10-12-24(28)5/h6-13,18-19,21H,14-17,20H2,1-5H3,(H,32,35). The molecule has 0 aliphatic rings. The average molecular weight is 500 g/mol. The number of aryl methyl sites for hydroxylation is 3. The molecule has 6 nitrogen and oxygen atoms in total. The molecular weight excluding hydrogens is 462 g/mol. The van der Waals surface area contributed by atoms with E-state index in [1.165, 1.54) is 11.1 Å². The molecule has 37 heavy (non-hydrogen) atoms. The minimum Gasteiger partial charge on any atom is -0.491 e. The quantitative estimate of drug-likeness (QED) is 0.279. The Morgan fingerprint density at radius 2 is 1.68 bits per heavy atom. The van der Waals surface area contributed by atoms with Crippen LogP contribution >= 0.6 is 0 Å². The first-order valence-corrected chi connectivity index (χ1v) is 13.0. The molecule has 6 heteroatoms. The minimum absolute atomic E-state index is 0.0107. The van der Waals surface area contributed by atoms with Crippen molar-refractivity contribution in [3.05, 3.63) is 88.7 Å². The van der Waals surface area contributed by atoms with Crippen LogP contribution in [0.5, 0.6) is 11.5 Å². The fourth-order valence-corrected chi connectivity index (χ4v) is 4.43. The number of fused-ring (bicyclic) bond motifs is 1. The molecule has 4 rings (SSSR count). The van der Waals surface area contributed by atoms with Gasteiger partial charge >= 0.3 is 0 Å². The Hall–Kier alpha value is -3.80. The second kappa shape index (κ2) is 12.0. The van der Waals surface area contributed by atoms with Gasteiger partial charge in [0.25, 0.3) is 5.91 Å². The second-order valence-electron chi connectivity index (χ2n) is 9.87. The van der Waals surface area contributed by atoms with E-state index in [9.17, 15) is 4.79 Å². The van der Waals surface area contributed by atoms with E-state index < -0.39 is 0 Å². The predicted octanol–water partition coefficient (Wildman–Crippen LogP) is 5.90. The highest BCUT2D eigenvalue weighted by Gasteiger charge is 2.13. The average Bonchev–Trinajstić information content (AvgIpc) is 3.22. The number of aromatic nitrogens is 2. The molecule has 1 N–H and O–H groups in total. The molecule has 0 saturated heterocycles. The topological polar surface area (TPSA) is 65.4 Å². The van der Waals surface area contributed by atoms with Crippen molar-refractivity contribution in [3.63, 3.8) is 0 Å². The highest BCUT2D eigenvalue weighted by atomic mass is 16.5. The lowest BCUT2D eigenvalue weighted by Crippen LogP contribution is -2.31. The molecule has 0 spiro atoms. The summed E-state index contributed by atoms with van der Waals surface area (Å²) in [7, 11) is 0. The summed E-state index contributed by atoms with van der Waals surface area (Å²) < 4.78 is 14.2. The van der Waals surface area contributed by atoms with Crippen molar-refractivity contribution in [1.29, 1.82) is 0 Å².